The average molecular weight is 228 g/mol. The van der Waals surface area contributed by atoms with Crippen molar-refractivity contribution in [3.63, 3.8) is 0 Å². The summed E-state index contributed by atoms with van der Waals surface area (Å²) in [5.74, 6) is 2.74. The van der Waals surface area contributed by atoms with Crippen molar-refractivity contribution in [3.8, 4) is 24.2 Å². The van der Waals surface area contributed by atoms with Crippen LogP contribution in [0.5, 0.6) is 5.75 Å². The fourth-order valence-electron chi connectivity index (χ4n) is 1.11. The lowest BCUT2D eigenvalue weighted by Gasteiger charge is -2.14. The third-order valence-electron chi connectivity index (χ3n) is 2.10. The molecule has 86 valence electrons. The van der Waals surface area contributed by atoms with Crippen LogP contribution in [0.3, 0.4) is 0 Å². The minimum atomic E-state index is -0.188. The Kier molecular flexibility index (Phi) is 4.59. The third kappa shape index (κ3) is 3.89. The predicted octanol–water partition coefficient (Wildman–Crippen LogP) is 1.03. The average Bonchev–Trinajstić information content (AvgIpc) is 2.36. The van der Waals surface area contributed by atoms with Crippen LogP contribution in [-0.2, 0) is 4.79 Å². The second kappa shape index (κ2) is 6.19. The number of hydrogen-bond acceptors (Lipinski definition) is 3. The number of carbonyl (C=O) groups is 1. The minimum Gasteiger partial charge on any atom is -0.484 e. The Morgan fingerprint density at radius 3 is 2.65 bits per heavy atom. The van der Waals surface area contributed by atoms with Gasteiger partial charge >= 0.3 is 0 Å². The first-order chi connectivity index (χ1) is 8.17. The molecule has 0 aliphatic heterocycles. The van der Waals surface area contributed by atoms with Crippen LogP contribution >= 0.6 is 0 Å². The number of ether oxygens (including phenoxy) is 1. The summed E-state index contributed by atoms with van der Waals surface area (Å²) in [7, 11) is 1.62. The van der Waals surface area contributed by atoms with Gasteiger partial charge in [0.15, 0.2) is 6.61 Å². The van der Waals surface area contributed by atoms with Gasteiger partial charge in [0.1, 0.15) is 5.75 Å². The molecule has 0 bridgehead atoms. The zero-order valence-corrected chi connectivity index (χ0v) is 9.51. The van der Waals surface area contributed by atoms with Crippen LogP contribution in [0.2, 0.25) is 0 Å². The molecule has 0 aliphatic carbocycles. The number of benzene rings is 1. The molecule has 1 aromatic carbocycles. The van der Waals surface area contributed by atoms with E-state index in [1.807, 2.05) is 6.07 Å². The molecule has 0 saturated heterocycles. The number of likely N-dealkylation sites (N-methyl/N-ethyl adjacent to an activating group) is 1. The highest BCUT2D eigenvalue weighted by atomic mass is 16.5. The SMILES string of the molecule is C#CCN(C)C(=O)COc1ccc(C#N)cc1. The molecule has 0 saturated carbocycles. The second-order valence-electron chi connectivity index (χ2n) is 3.38. The van der Waals surface area contributed by atoms with E-state index in [0.29, 0.717) is 11.3 Å². The molecular weight excluding hydrogens is 216 g/mol. The summed E-state index contributed by atoms with van der Waals surface area (Å²) in [5.41, 5.74) is 0.549. The van der Waals surface area contributed by atoms with E-state index in [4.69, 9.17) is 16.4 Å². The maximum atomic E-state index is 11.5. The van der Waals surface area contributed by atoms with Crippen LogP contribution in [-0.4, -0.2) is 31.0 Å². The van der Waals surface area contributed by atoms with E-state index in [9.17, 15) is 4.79 Å². The van der Waals surface area contributed by atoms with Gasteiger partial charge in [-0.2, -0.15) is 5.26 Å². The van der Waals surface area contributed by atoms with Crippen molar-refractivity contribution >= 4 is 5.91 Å². The minimum absolute atomic E-state index is 0.0654. The highest BCUT2D eigenvalue weighted by Gasteiger charge is 2.07. The van der Waals surface area contributed by atoms with Crippen LogP contribution in [0.25, 0.3) is 0 Å². The summed E-state index contributed by atoms with van der Waals surface area (Å²) in [6, 6.07) is 8.55. The molecule has 0 atom stereocenters. The van der Waals surface area contributed by atoms with Gasteiger partial charge in [-0.3, -0.25) is 4.79 Å². The van der Waals surface area contributed by atoms with Gasteiger partial charge in [-0.15, -0.1) is 6.42 Å². The predicted molar refractivity (Wildman–Crippen MR) is 63.1 cm³/mol. The summed E-state index contributed by atoms with van der Waals surface area (Å²) in [4.78, 5) is 12.9. The van der Waals surface area contributed by atoms with Gasteiger partial charge in [0, 0.05) is 7.05 Å². The molecule has 0 N–H and O–H groups in total. The Bertz CT molecular complexity index is 466. The first-order valence-corrected chi connectivity index (χ1v) is 4.97. The lowest BCUT2D eigenvalue weighted by molar-refractivity contribution is -0.131. The van der Waals surface area contributed by atoms with E-state index in [1.165, 1.54) is 4.90 Å². The molecule has 0 aliphatic rings. The Labute approximate surface area is 100 Å². The van der Waals surface area contributed by atoms with Gasteiger partial charge in [-0.25, -0.2) is 0 Å². The molecular formula is C13H12N2O2. The van der Waals surface area contributed by atoms with Crippen LogP contribution in [0.1, 0.15) is 5.56 Å². The van der Waals surface area contributed by atoms with Crippen molar-refractivity contribution in [3.05, 3.63) is 29.8 Å². The van der Waals surface area contributed by atoms with Crippen molar-refractivity contribution in [2.75, 3.05) is 20.2 Å². The van der Waals surface area contributed by atoms with E-state index in [1.54, 1.807) is 31.3 Å². The number of amides is 1. The number of carbonyl (C=O) groups excluding carboxylic acids is 1. The first-order valence-electron chi connectivity index (χ1n) is 4.97. The molecule has 17 heavy (non-hydrogen) atoms. The number of terminal acetylenes is 1. The largest absolute Gasteiger partial charge is 0.484 e. The number of nitrogens with zero attached hydrogens (tertiary/aromatic N) is 2. The fraction of sp³-hybridized carbons (Fsp3) is 0.231. The molecule has 4 heteroatoms. The van der Waals surface area contributed by atoms with E-state index >= 15 is 0 Å². The maximum absolute atomic E-state index is 11.5. The van der Waals surface area contributed by atoms with E-state index in [2.05, 4.69) is 5.92 Å². The number of nitriles is 1. The lowest BCUT2D eigenvalue weighted by atomic mass is 10.2. The molecule has 0 radical (unpaired) electrons. The molecule has 1 amide bonds. The molecule has 1 aromatic rings. The lowest BCUT2D eigenvalue weighted by Crippen LogP contribution is -2.31. The number of hydrogen-bond donors (Lipinski definition) is 0. The van der Waals surface area contributed by atoms with Crippen molar-refractivity contribution < 1.29 is 9.53 Å². The second-order valence-corrected chi connectivity index (χ2v) is 3.38. The van der Waals surface area contributed by atoms with Gasteiger partial charge in [-0.05, 0) is 24.3 Å². The van der Waals surface area contributed by atoms with Gasteiger partial charge < -0.3 is 9.64 Å². The summed E-state index contributed by atoms with van der Waals surface area (Å²) < 4.78 is 5.27. The highest BCUT2D eigenvalue weighted by Crippen LogP contribution is 2.11. The van der Waals surface area contributed by atoms with E-state index < -0.39 is 0 Å². The van der Waals surface area contributed by atoms with Crippen LogP contribution in [0, 0.1) is 23.7 Å². The summed E-state index contributed by atoms with van der Waals surface area (Å²) >= 11 is 0. The topological polar surface area (TPSA) is 53.3 Å². The van der Waals surface area contributed by atoms with Crippen LogP contribution in [0.15, 0.2) is 24.3 Å². The van der Waals surface area contributed by atoms with Crippen molar-refractivity contribution in [2.45, 2.75) is 0 Å². The third-order valence-corrected chi connectivity index (χ3v) is 2.10. The highest BCUT2D eigenvalue weighted by molar-refractivity contribution is 5.77. The van der Waals surface area contributed by atoms with Crippen LogP contribution < -0.4 is 4.74 Å². The van der Waals surface area contributed by atoms with Gasteiger partial charge in [0.05, 0.1) is 18.2 Å². The summed E-state index contributed by atoms with van der Waals surface area (Å²) in [6.45, 7) is 0.194. The summed E-state index contributed by atoms with van der Waals surface area (Å²) in [5, 5.41) is 8.61. The van der Waals surface area contributed by atoms with E-state index in [0.717, 1.165) is 0 Å². The quantitative estimate of drug-likeness (QED) is 0.723. The van der Waals surface area contributed by atoms with Gasteiger partial charge in [0.2, 0.25) is 0 Å². The van der Waals surface area contributed by atoms with Gasteiger partial charge in [0.25, 0.3) is 5.91 Å². The smallest absolute Gasteiger partial charge is 0.261 e. The Morgan fingerprint density at radius 1 is 1.47 bits per heavy atom. The van der Waals surface area contributed by atoms with Gasteiger partial charge in [-0.1, -0.05) is 5.92 Å². The molecule has 1 rings (SSSR count). The van der Waals surface area contributed by atoms with Crippen molar-refractivity contribution in [1.29, 1.82) is 5.26 Å². The summed E-state index contributed by atoms with van der Waals surface area (Å²) in [6.07, 6.45) is 5.09. The molecule has 0 aromatic heterocycles. The van der Waals surface area contributed by atoms with E-state index in [-0.39, 0.29) is 19.1 Å². The fourth-order valence-corrected chi connectivity index (χ4v) is 1.11. The normalized spacial score (nSPS) is 8.88. The Hall–Kier alpha value is -2.46. The molecule has 0 fully saturated rings. The maximum Gasteiger partial charge on any atom is 0.261 e. The van der Waals surface area contributed by atoms with Crippen molar-refractivity contribution in [2.24, 2.45) is 0 Å². The molecule has 0 unspecified atom stereocenters. The first kappa shape index (κ1) is 12.6. The molecule has 0 heterocycles. The zero-order chi connectivity index (χ0) is 12.7. The standard InChI is InChI=1S/C13H12N2O2/c1-3-8-15(2)13(16)10-17-12-6-4-11(9-14)5-7-12/h1,4-7H,8,10H2,2H3. The van der Waals surface area contributed by atoms with Crippen LogP contribution in [0.4, 0.5) is 0 Å². The molecule has 0 spiro atoms. The Morgan fingerprint density at radius 2 is 2.12 bits per heavy atom. The molecule has 4 nitrogen and oxygen atoms in total. The van der Waals surface area contributed by atoms with Crippen molar-refractivity contribution in [1.82, 2.24) is 4.90 Å². The number of rotatable bonds is 4. The monoisotopic (exact) mass is 228 g/mol. The Balaban J connectivity index is 2.48. The zero-order valence-electron chi connectivity index (χ0n) is 9.51.